The second-order valence-corrected chi connectivity index (χ2v) is 7.07. The van der Waals surface area contributed by atoms with Crippen molar-refractivity contribution in [1.29, 1.82) is 0 Å². The number of amides is 3. The van der Waals surface area contributed by atoms with Crippen LogP contribution >= 0.6 is 11.8 Å². The third kappa shape index (κ3) is 4.93. The van der Waals surface area contributed by atoms with Crippen molar-refractivity contribution in [2.24, 2.45) is 0 Å². The highest BCUT2D eigenvalue weighted by atomic mass is 32.2. The van der Waals surface area contributed by atoms with Gasteiger partial charge in [-0.25, -0.2) is 8.78 Å². The number of carbonyl (C=O) groups is 3. The van der Waals surface area contributed by atoms with Crippen LogP contribution < -0.4 is 10.1 Å². The van der Waals surface area contributed by atoms with Crippen LogP contribution in [0.1, 0.15) is 5.56 Å². The smallest absolute Gasteiger partial charge is 0.294 e. The molecule has 2 aromatic carbocycles. The van der Waals surface area contributed by atoms with E-state index in [0.717, 1.165) is 17.0 Å². The number of halogens is 2. The van der Waals surface area contributed by atoms with Crippen LogP contribution in [0.25, 0.3) is 6.08 Å². The zero-order chi connectivity index (χ0) is 21.7. The molecule has 1 aliphatic rings. The summed E-state index contributed by atoms with van der Waals surface area (Å²) in [7, 11) is 0. The highest BCUT2D eigenvalue weighted by Crippen LogP contribution is 2.34. The van der Waals surface area contributed by atoms with Crippen LogP contribution in [0.15, 0.2) is 60.0 Å². The van der Waals surface area contributed by atoms with Crippen molar-refractivity contribution in [1.82, 2.24) is 4.90 Å². The number of nitrogens with one attached hydrogen (secondary N) is 1. The van der Waals surface area contributed by atoms with Crippen LogP contribution in [0.3, 0.4) is 0 Å². The number of imide groups is 1. The number of benzene rings is 2. The van der Waals surface area contributed by atoms with E-state index < -0.39 is 35.2 Å². The first kappa shape index (κ1) is 21.3. The van der Waals surface area contributed by atoms with E-state index >= 15 is 0 Å². The third-order valence-electron chi connectivity index (χ3n) is 3.94. The average molecular weight is 430 g/mol. The summed E-state index contributed by atoms with van der Waals surface area (Å²) in [5.74, 6) is -2.70. The Morgan fingerprint density at radius 2 is 1.97 bits per heavy atom. The Labute approximate surface area is 175 Å². The van der Waals surface area contributed by atoms with Gasteiger partial charge in [-0.05, 0) is 36.0 Å². The van der Waals surface area contributed by atoms with E-state index in [2.05, 4.69) is 11.9 Å². The largest absolute Gasteiger partial charge is 0.489 e. The second-order valence-electron chi connectivity index (χ2n) is 6.08. The molecule has 0 atom stereocenters. The maximum atomic E-state index is 13.7. The predicted octanol–water partition coefficient (Wildman–Crippen LogP) is 4.20. The number of hydrogen-bond donors (Lipinski definition) is 1. The van der Waals surface area contributed by atoms with Gasteiger partial charge in [0.05, 0.1) is 10.6 Å². The molecule has 1 N–H and O–H groups in total. The van der Waals surface area contributed by atoms with Gasteiger partial charge in [0.25, 0.3) is 11.1 Å². The van der Waals surface area contributed by atoms with Crippen LogP contribution in [0.4, 0.5) is 19.3 Å². The number of anilines is 1. The van der Waals surface area contributed by atoms with Gasteiger partial charge < -0.3 is 10.1 Å². The van der Waals surface area contributed by atoms with E-state index in [-0.39, 0.29) is 17.2 Å². The third-order valence-corrected chi connectivity index (χ3v) is 4.85. The molecule has 0 saturated carbocycles. The SMILES string of the molecule is C=CCOc1ccccc1/C=C1\SC(=O)N(CC(=O)Nc2ccc(F)cc2F)C1=O. The molecule has 0 radical (unpaired) electrons. The zero-order valence-corrected chi connectivity index (χ0v) is 16.4. The number of ether oxygens (including phenoxy) is 1. The molecular formula is C21H16F2N2O4S. The van der Waals surface area contributed by atoms with Gasteiger partial charge in [0.15, 0.2) is 0 Å². The molecule has 0 spiro atoms. The summed E-state index contributed by atoms with van der Waals surface area (Å²) in [5, 5.41) is 1.58. The maximum Gasteiger partial charge on any atom is 0.294 e. The molecule has 3 amide bonds. The Hall–Kier alpha value is -3.46. The molecule has 0 aromatic heterocycles. The predicted molar refractivity (Wildman–Crippen MR) is 110 cm³/mol. The molecule has 6 nitrogen and oxygen atoms in total. The van der Waals surface area contributed by atoms with Gasteiger partial charge in [0.1, 0.15) is 30.5 Å². The van der Waals surface area contributed by atoms with Gasteiger partial charge >= 0.3 is 0 Å². The van der Waals surface area contributed by atoms with Gasteiger partial charge in [-0.15, -0.1) is 0 Å². The van der Waals surface area contributed by atoms with Crippen molar-refractivity contribution in [2.75, 3.05) is 18.5 Å². The van der Waals surface area contributed by atoms with Crippen molar-refractivity contribution in [2.45, 2.75) is 0 Å². The van der Waals surface area contributed by atoms with E-state index in [1.54, 1.807) is 30.3 Å². The molecule has 1 heterocycles. The topological polar surface area (TPSA) is 75.7 Å². The molecular weight excluding hydrogens is 414 g/mol. The van der Waals surface area contributed by atoms with E-state index in [1.165, 1.54) is 6.08 Å². The molecule has 0 bridgehead atoms. The van der Waals surface area contributed by atoms with Gasteiger partial charge in [-0.2, -0.15) is 0 Å². The average Bonchev–Trinajstić information content (AvgIpc) is 2.97. The number of para-hydroxylation sites is 1. The quantitative estimate of drug-likeness (QED) is 0.526. The first-order valence-electron chi connectivity index (χ1n) is 8.72. The Kier molecular flexibility index (Phi) is 6.63. The van der Waals surface area contributed by atoms with E-state index in [9.17, 15) is 23.2 Å². The Balaban J connectivity index is 1.72. The highest BCUT2D eigenvalue weighted by molar-refractivity contribution is 8.18. The summed E-state index contributed by atoms with van der Waals surface area (Å²) < 4.78 is 32.2. The van der Waals surface area contributed by atoms with Crippen molar-refractivity contribution < 1.29 is 27.9 Å². The summed E-state index contributed by atoms with van der Waals surface area (Å²) >= 11 is 0.682. The number of nitrogens with zero attached hydrogens (tertiary/aromatic N) is 1. The van der Waals surface area contributed by atoms with Crippen molar-refractivity contribution >= 4 is 40.6 Å². The molecule has 1 fully saturated rings. The van der Waals surface area contributed by atoms with Crippen molar-refractivity contribution in [3.05, 3.63) is 77.2 Å². The van der Waals surface area contributed by atoms with Gasteiger partial charge in [-0.1, -0.05) is 30.9 Å². The molecule has 1 saturated heterocycles. The van der Waals surface area contributed by atoms with Crippen LogP contribution in [-0.2, 0) is 9.59 Å². The summed E-state index contributed by atoms with van der Waals surface area (Å²) in [6, 6.07) is 9.59. The van der Waals surface area contributed by atoms with Crippen LogP contribution in [-0.4, -0.2) is 35.1 Å². The maximum absolute atomic E-state index is 13.7. The van der Waals surface area contributed by atoms with E-state index in [4.69, 9.17) is 4.74 Å². The van der Waals surface area contributed by atoms with Crippen LogP contribution in [0, 0.1) is 11.6 Å². The molecule has 2 aromatic rings. The van der Waals surface area contributed by atoms with Gasteiger partial charge in [0, 0.05) is 11.6 Å². The van der Waals surface area contributed by atoms with Gasteiger partial charge in [-0.3, -0.25) is 19.3 Å². The molecule has 154 valence electrons. The van der Waals surface area contributed by atoms with E-state index in [1.807, 2.05) is 0 Å². The number of rotatable bonds is 7. The lowest BCUT2D eigenvalue weighted by Gasteiger charge is -2.13. The second kappa shape index (κ2) is 9.36. The fourth-order valence-electron chi connectivity index (χ4n) is 2.58. The van der Waals surface area contributed by atoms with E-state index in [0.29, 0.717) is 29.1 Å². The fourth-order valence-corrected chi connectivity index (χ4v) is 3.41. The first-order valence-corrected chi connectivity index (χ1v) is 9.53. The lowest BCUT2D eigenvalue weighted by molar-refractivity contribution is -0.127. The molecule has 1 aliphatic heterocycles. The summed E-state index contributed by atoms with van der Waals surface area (Å²) in [6.07, 6.45) is 3.08. The Morgan fingerprint density at radius 3 is 2.70 bits per heavy atom. The monoisotopic (exact) mass is 430 g/mol. The zero-order valence-electron chi connectivity index (χ0n) is 15.6. The van der Waals surface area contributed by atoms with Crippen LogP contribution in [0.2, 0.25) is 0 Å². The number of carbonyl (C=O) groups excluding carboxylic acids is 3. The minimum Gasteiger partial charge on any atom is -0.489 e. The van der Waals surface area contributed by atoms with Crippen molar-refractivity contribution in [3.8, 4) is 5.75 Å². The van der Waals surface area contributed by atoms with Crippen LogP contribution in [0.5, 0.6) is 5.75 Å². The highest BCUT2D eigenvalue weighted by Gasteiger charge is 2.36. The lowest BCUT2D eigenvalue weighted by atomic mass is 10.2. The molecule has 9 heteroatoms. The molecule has 3 rings (SSSR count). The normalized spacial score (nSPS) is 14.9. The first-order chi connectivity index (χ1) is 14.4. The van der Waals surface area contributed by atoms with Crippen molar-refractivity contribution in [3.63, 3.8) is 0 Å². The number of hydrogen-bond acceptors (Lipinski definition) is 5. The Bertz CT molecular complexity index is 1060. The summed E-state index contributed by atoms with van der Waals surface area (Å²) in [5.41, 5.74) is 0.333. The summed E-state index contributed by atoms with van der Waals surface area (Å²) in [4.78, 5) is 37.9. The minimum atomic E-state index is -0.964. The molecule has 0 aliphatic carbocycles. The minimum absolute atomic E-state index is 0.121. The lowest BCUT2D eigenvalue weighted by Crippen LogP contribution is -2.36. The van der Waals surface area contributed by atoms with Gasteiger partial charge in [0.2, 0.25) is 5.91 Å². The standard InChI is InChI=1S/C21H16F2N2O4S/c1-2-9-29-17-6-4-3-5-13(17)10-18-20(27)25(21(28)30-18)12-19(26)24-16-8-7-14(22)11-15(16)23/h2-8,10-11H,1,9,12H2,(H,24,26)/b18-10-. The summed E-state index contributed by atoms with van der Waals surface area (Å²) in [6.45, 7) is 3.24. The number of thioether (sulfide) groups is 1. The molecule has 0 unspecified atom stereocenters. The fraction of sp³-hybridized carbons (Fsp3) is 0.0952. The Morgan fingerprint density at radius 1 is 1.20 bits per heavy atom. The molecule has 30 heavy (non-hydrogen) atoms.